The van der Waals surface area contributed by atoms with Crippen LogP contribution in [0.25, 0.3) is 10.8 Å². The third-order valence-electron chi connectivity index (χ3n) is 5.74. The lowest BCUT2D eigenvalue weighted by molar-refractivity contribution is -0.0361. The van der Waals surface area contributed by atoms with E-state index in [1.54, 1.807) is 0 Å². The van der Waals surface area contributed by atoms with Gasteiger partial charge < -0.3 is 19.7 Å². The number of alkyl halides is 2. The Morgan fingerprint density at radius 3 is 2.75 bits per heavy atom. The van der Waals surface area contributed by atoms with Gasteiger partial charge in [0.2, 0.25) is 5.92 Å². The number of aromatic nitrogens is 3. The fraction of sp³-hybridized carbons (Fsp3) is 0.682. The van der Waals surface area contributed by atoms with Crippen LogP contribution in [0.4, 0.5) is 20.4 Å². The van der Waals surface area contributed by atoms with Gasteiger partial charge in [0.15, 0.2) is 10.8 Å². The number of anilines is 2. The van der Waals surface area contributed by atoms with Gasteiger partial charge in [0.05, 0.1) is 32.0 Å². The first-order valence-corrected chi connectivity index (χ1v) is 12.1. The summed E-state index contributed by atoms with van der Waals surface area (Å²) in [4.78, 5) is 16.3. The maximum absolute atomic E-state index is 13.6. The molecule has 176 valence electrons. The normalized spacial score (nSPS) is 21.8. The number of ether oxygens (including phenoxy) is 2. The van der Waals surface area contributed by atoms with E-state index in [0.717, 1.165) is 16.5 Å². The van der Waals surface area contributed by atoms with Crippen LogP contribution >= 0.6 is 11.3 Å². The molecular formula is C22H31F2N5O2S. The molecule has 1 unspecified atom stereocenters. The van der Waals surface area contributed by atoms with Crippen molar-refractivity contribution in [1.82, 2.24) is 15.0 Å². The smallest absolute Gasteiger partial charge is 0.248 e. The molecule has 0 spiro atoms. The minimum atomic E-state index is -2.56. The number of nitrogens with one attached hydrogen (secondary N) is 1. The quantitative estimate of drug-likeness (QED) is 0.641. The summed E-state index contributed by atoms with van der Waals surface area (Å²) >= 11 is 1.50. The van der Waals surface area contributed by atoms with Gasteiger partial charge >= 0.3 is 0 Å². The zero-order chi connectivity index (χ0) is 22.7. The molecule has 0 aromatic carbocycles. The first-order chi connectivity index (χ1) is 15.3. The number of rotatable bonds is 7. The van der Waals surface area contributed by atoms with E-state index < -0.39 is 5.92 Å². The largest absolute Gasteiger partial charge is 0.377 e. The van der Waals surface area contributed by atoms with Crippen molar-refractivity contribution in [3.05, 3.63) is 17.1 Å². The molecule has 0 amide bonds. The lowest BCUT2D eigenvalue weighted by atomic mass is 9.92. The van der Waals surface area contributed by atoms with Gasteiger partial charge in [-0.15, -0.1) is 11.3 Å². The second-order valence-corrected chi connectivity index (χ2v) is 9.67. The molecule has 1 aliphatic carbocycles. The van der Waals surface area contributed by atoms with Crippen LogP contribution in [0.2, 0.25) is 0 Å². The van der Waals surface area contributed by atoms with Crippen molar-refractivity contribution in [1.29, 1.82) is 0 Å². The van der Waals surface area contributed by atoms with E-state index in [4.69, 9.17) is 19.4 Å². The van der Waals surface area contributed by atoms with Crippen molar-refractivity contribution >= 4 is 23.0 Å². The summed E-state index contributed by atoms with van der Waals surface area (Å²) < 4.78 is 38.7. The summed E-state index contributed by atoms with van der Waals surface area (Å²) in [6.45, 7) is 8.35. The van der Waals surface area contributed by atoms with Crippen LogP contribution in [-0.4, -0.2) is 65.4 Å². The number of morpholine rings is 1. The third kappa shape index (κ3) is 5.90. The number of thiazole rings is 1. The van der Waals surface area contributed by atoms with E-state index in [1.165, 1.54) is 11.3 Å². The highest BCUT2D eigenvalue weighted by Gasteiger charge is 2.35. The highest BCUT2D eigenvalue weighted by molar-refractivity contribution is 7.13. The predicted octanol–water partition coefficient (Wildman–Crippen LogP) is 4.53. The molecule has 10 heteroatoms. The highest BCUT2D eigenvalue weighted by Crippen LogP contribution is 2.35. The standard InChI is InChI=1S/C22H31F2N5O2S/c1-14(2)31-12-17-11-30-9-8-29(17)19-10-18(26-16-4-6-22(23,24)7-5-16)27-20(28-19)21-25-15(3)13-32-21/h10,13-14,16-17H,4-9,11-12H2,1-3H3,(H,26,27,28). The van der Waals surface area contributed by atoms with Crippen molar-refractivity contribution in [2.45, 2.75) is 70.6 Å². The second kappa shape index (κ2) is 9.93. The van der Waals surface area contributed by atoms with Crippen molar-refractivity contribution in [3.8, 4) is 10.8 Å². The van der Waals surface area contributed by atoms with Crippen molar-refractivity contribution in [3.63, 3.8) is 0 Å². The molecule has 1 saturated heterocycles. The first kappa shape index (κ1) is 23.3. The molecule has 2 aromatic rings. The van der Waals surface area contributed by atoms with Gasteiger partial charge in [-0.2, -0.15) is 0 Å². The van der Waals surface area contributed by atoms with E-state index in [0.29, 0.717) is 50.8 Å². The van der Waals surface area contributed by atoms with Crippen LogP contribution in [0.5, 0.6) is 0 Å². The molecule has 2 aromatic heterocycles. The molecule has 1 atom stereocenters. The topological polar surface area (TPSA) is 72.4 Å². The van der Waals surface area contributed by atoms with E-state index in [-0.39, 0.29) is 31.0 Å². The summed E-state index contributed by atoms with van der Waals surface area (Å²) in [5.41, 5.74) is 0.914. The van der Waals surface area contributed by atoms with E-state index in [9.17, 15) is 8.78 Å². The molecule has 2 fully saturated rings. The SMILES string of the molecule is Cc1csc(-c2nc(NC3CCC(F)(F)CC3)cc(N3CCOCC3COC(C)C)n2)n1. The number of hydrogen-bond acceptors (Lipinski definition) is 8. The second-order valence-electron chi connectivity index (χ2n) is 8.81. The Labute approximate surface area is 191 Å². The minimum absolute atomic E-state index is 0.0342. The van der Waals surface area contributed by atoms with Crippen LogP contribution in [0.3, 0.4) is 0 Å². The average molecular weight is 468 g/mol. The molecule has 1 aliphatic heterocycles. The number of halogens is 2. The molecular weight excluding hydrogens is 436 g/mol. The third-order valence-corrected chi connectivity index (χ3v) is 6.69. The number of nitrogens with zero attached hydrogens (tertiary/aromatic N) is 4. The Balaban J connectivity index is 1.61. The van der Waals surface area contributed by atoms with Crippen LogP contribution in [0, 0.1) is 6.92 Å². The first-order valence-electron chi connectivity index (χ1n) is 11.2. The predicted molar refractivity (Wildman–Crippen MR) is 122 cm³/mol. The summed E-state index contributed by atoms with van der Waals surface area (Å²) in [6, 6.07) is 1.91. The Kier molecular flexibility index (Phi) is 7.21. The van der Waals surface area contributed by atoms with Crippen LogP contribution in [-0.2, 0) is 9.47 Å². The Morgan fingerprint density at radius 2 is 2.06 bits per heavy atom. The molecule has 7 nitrogen and oxygen atoms in total. The molecule has 4 rings (SSSR count). The summed E-state index contributed by atoms with van der Waals surface area (Å²) in [7, 11) is 0. The molecule has 2 aliphatic rings. The Morgan fingerprint density at radius 1 is 1.28 bits per heavy atom. The number of hydrogen-bond donors (Lipinski definition) is 1. The maximum Gasteiger partial charge on any atom is 0.248 e. The van der Waals surface area contributed by atoms with E-state index >= 15 is 0 Å². The molecule has 0 bridgehead atoms. The molecule has 1 N–H and O–H groups in total. The van der Waals surface area contributed by atoms with Gasteiger partial charge in [-0.05, 0) is 33.6 Å². The summed E-state index contributed by atoms with van der Waals surface area (Å²) in [6.07, 6.45) is 0.763. The Hall–Kier alpha value is -1.91. The lowest BCUT2D eigenvalue weighted by Crippen LogP contribution is -2.49. The maximum atomic E-state index is 13.6. The van der Waals surface area contributed by atoms with Crippen molar-refractivity contribution < 1.29 is 18.3 Å². The molecule has 1 saturated carbocycles. The van der Waals surface area contributed by atoms with Crippen LogP contribution in [0.1, 0.15) is 45.2 Å². The fourth-order valence-electron chi connectivity index (χ4n) is 4.00. The van der Waals surface area contributed by atoms with Gasteiger partial charge in [-0.3, -0.25) is 0 Å². The van der Waals surface area contributed by atoms with Gasteiger partial charge in [0.1, 0.15) is 11.6 Å². The van der Waals surface area contributed by atoms with Crippen LogP contribution in [0.15, 0.2) is 11.4 Å². The van der Waals surface area contributed by atoms with Gasteiger partial charge in [0, 0.05) is 42.6 Å². The molecule has 32 heavy (non-hydrogen) atoms. The summed E-state index contributed by atoms with van der Waals surface area (Å²) in [5.74, 6) is -0.606. The Bertz CT molecular complexity index is 900. The van der Waals surface area contributed by atoms with Gasteiger partial charge in [-0.1, -0.05) is 0 Å². The summed E-state index contributed by atoms with van der Waals surface area (Å²) in [5, 5.41) is 6.09. The lowest BCUT2D eigenvalue weighted by Gasteiger charge is -2.37. The number of aryl methyl sites for hydroxylation is 1. The zero-order valence-corrected chi connectivity index (χ0v) is 19.6. The van der Waals surface area contributed by atoms with Crippen molar-refractivity contribution in [2.24, 2.45) is 0 Å². The zero-order valence-electron chi connectivity index (χ0n) is 18.8. The molecule has 3 heterocycles. The van der Waals surface area contributed by atoms with E-state index in [2.05, 4.69) is 15.2 Å². The highest BCUT2D eigenvalue weighted by atomic mass is 32.1. The molecule has 0 radical (unpaired) electrons. The van der Waals surface area contributed by atoms with Gasteiger partial charge in [-0.25, -0.2) is 23.7 Å². The fourth-order valence-corrected chi connectivity index (χ4v) is 4.73. The monoisotopic (exact) mass is 467 g/mol. The van der Waals surface area contributed by atoms with Crippen LogP contribution < -0.4 is 10.2 Å². The van der Waals surface area contributed by atoms with E-state index in [1.807, 2.05) is 32.2 Å². The van der Waals surface area contributed by atoms with Gasteiger partial charge in [0.25, 0.3) is 0 Å². The average Bonchev–Trinajstić information content (AvgIpc) is 3.20. The van der Waals surface area contributed by atoms with Crippen molar-refractivity contribution in [2.75, 3.05) is 36.6 Å². The minimum Gasteiger partial charge on any atom is -0.377 e.